The average Bonchev–Trinajstić information content (AvgIpc) is 3.38. The Hall–Kier alpha value is -3.16. The number of halogens is 1. The van der Waals surface area contributed by atoms with Crippen molar-refractivity contribution in [1.82, 2.24) is 19.9 Å². The highest BCUT2D eigenvalue weighted by atomic mass is 35.7. The highest BCUT2D eigenvalue weighted by molar-refractivity contribution is 8.14. The molecule has 3 aromatic heterocycles. The molecule has 0 aliphatic carbocycles. The Balaban J connectivity index is 1.93. The van der Waals surface area contributed by atoms with Crippen LogP contribution in [0.3, 0.4) is 0 Å². The number of rotatable bonds is 1. The molecule has 0 spiro atoms. The minimum atomic E-state index is -4.03. The van der Waals surface area contributed by atoms with E-state index in [0.29, 0.717) is 11.2 Å². The van der Waals surface area contributed by atoms with E-state index >= 15 is 0 Å². The molecule has 0 amide bonds. The molecule has 28 heavy (non-hydrogen) atoms. The van der Waals surface area contributed by atoms with Gasteiger partial charge in [-0.05, 0) is 66.8 Å². The van der Waals surface area contributed by atoms with Gasteiger partial charge in [-0.2, -0.15) is 0 Å². The summed E-state index contributed by atoms with van der Waals surface area (Å²) in [6.07, 6.45) is 7.17. The molecule has 0 saturated carbocycles. The van der Waals surface area contributed by atoms with Gasteiger partial charge in [-0.15, -0.1) is 0 Å². The number of fused-ring (bicyclic) bond motifs is 8. The SMILES string of the molecule is O=S(=O)(Cl)c1c2nc(cc3nc(cc4ccc(cc5ccc1[nH]5)[nH]4)C=C3)C=C2. The van der Waals surface area contributed by atoms with Crippen molar-refractivity contribution in [3.8, 4) is 0 Å². The summed E-state index contributed by atoms with van der Waals surface area (Å²) < 4.78 is 24.5. The van der Waals surface area contributed by atoms with Gasteiger partial charge in [0, 0.05) is 27.2 Å². The number of hydrogen-bond acceptors (Lipinski definition) is 4. The molecule has 6 nitrogen and oxygen atoms in total. The van der Waals surface area contributed by atoms with Crippen LogP contribution in [0.15, 0.2) is 47.4 Å². The minimum Gasteiger partial charge on any atom is -0.355 e. The van der Waals surface area contributed by atoms with Crippen LogP contribution in [0.4, 0.5) is 0 Å². The van der Waals surface area contributed by atoms with Crippen molar-refractivity contribution in [2.24, 2.45) is 0 Å². The number of nitrogens with zero attached hydrogens (tertiary/aromatic N) is 2. The van der Waals surface area contributed by atoms with Crippen molar-refractivity contribution in [3.63, 3.8) is 0 Å². The van der Waals surface area contributed by atoms with E-state index in [1.54, 1.807) is 30.4 Å². The van der Waals surface area contributed by atoms with E-state index in [2.05, 4.69) is 19.9 Å². The molecule has 3 aromatic rings. The zero-order chi connectivity index (χ0) is 19.3. The Bertz CT molecular complexity index is 1450. The zero-order valence-electron chi connectivity index (χ0n) is 14.3. The van der Waals surface area contributed by atoms with Crippen LogP contribution in [-0.2, 0) is 9.05 Å². The van der Waals surface area contributed by atoms with Crippen LogP contribution in [0.25, 0.3) is 46.4 Å². The van der Waals surface area contributed by atoms with Crippen LogP contribution >= 0.6 is 10.7 Å². The summed E-state index contributed by atoms with van der Waals surface area (Å²) in [4.78, 5) is 15.3. The molecule has 2 aliphatic rings. The molecule has 0 fully saturated rings. The van der Waals surface area contributed by atoms with Crippen molar-refractivity contribution in [3.05, 3.63) is 65.2 Å². The van der Waals surface area contributed by atoms with Crippen molar-refractivity contribution in [2.45, 2.75) is 4.90 Å². The minimum absolute atomic E-state index is 0.0581. The van der Waals surface area contributed by atoms with Gasteiger partial charge in [0.15, 0.2) is 0 Å². The quantitative estimate of drug-likeness (QED) is 0.397. The Morgan fingerprint density at radius 3 is 2.11 bits per heavy atom. The summed E-state index contributed by atoms with van der Waals surface area (Å²) in [5.74, 6) is 0. The normalized spacial score (nSPS) is 13.2. The first-order valence-electron chi connectivity index (χ1n) is 8.46. The van der Waals surface area contributed by atoms with E-state index in [0.717, 1.165) is 27.9 Å². The predicted octanol–water partition coefficient (Wildman–Crippen LogP) is 4.58. The van der Waals surface area contributed by atoms with E-state index in [1.165, 1.54) is 0 Å². The molecule has 8 bridgehead atoms. The van der Waals surface area contributed by atoms with Crippen LogP contribution in [0.1, 0.15) is 22.8 Å². The molecule has 0 aromatic carbocycles. The summed E-state index contributed by atoms with van der Waals surface area (Å²) in [5, 5.41) is 0. The maximum Gasteiger partial charge on any atom is 0.265 e. The number of aromatic amines is 2. The van der Waals surface area contributed by atoms with E-state index < -0.39 is 9.05 Å². The monoisotopic (exact) mass is 408 g/mol. The smallest absolute Gasteiger partial charge is 0.265 e. The third-order valence-corrected chi connectivity index (χ3v) is 5.80. The van der Waals surface area contributed by atoms with E-state index in [1.807, 2.05) is 36.4 Å². The lowest BCUT2D eigenvalue weighted by molar-refractivity contribution is 0.610. The molecule has 5 heterocycles. The van der Waals surface area contributed by atoms with Gasteiger partial charge in [0.05, 0.1) is 28.3 Å². The lowest BCUT2D eigenvalue weighted by Gasteiger charge is -1.97. The van der Waals surface area contributed by atoms with Crippen molar-refractivity contribution >= 4 is 66.1 Å². The van der Waals surface area contributed by atoms with Gasteiger partial charge in [0.1, 0.15) is 4.90 Å². The second-order valence-electron chi connectivity index (χ2n) is 6.45. The first kappa shape index (κ1) is 17.0. The van der Waals surface area contributed by atoms with Gasteiger partial charge < -0.3 is 9.97 Å². The van der Waals surface area contributed by atoms with Crippen molar-refractivity contribution in [1.29, 1.82) is 0 Å². The fourth-order valence-corrected chi connectivity index (χ4v) is 4.47. The van der Waals surface area contributed by atoms with Gasteiger partial charge >= 0.3 is 0 Å². The summed E-state index contributed by atoms with van der Waals surface area (Å²) in [5.41, 5.74) is 5.33. The maximum absolute atomic E-state index is 12.3. The van der Waals surface area contributed by atoms with Crippen molar-refractivity contribution in [2.75, 3.05) is 0 Å². The number of hydrogen-bond donors (Lipinski definition) is 2. The standard InChI is InChI=1S/C20H13ClN4O2S/c21-28(26,27)20-18-7-5-16(24-18)10-14-3-1-12(22-14)9-13-2-4-15(23-13)11-17-6-8-19(20)25-17/h1-11,22,24H. The van der Waals surface area contributed by atoms with E-state index in [9.17, 15) is 8.42 Å². The molecule has 0 unspecified atom stereocenters. The largest absolute Gasteiger partial charge is 0.355 e. The van der Waals surface area contributed by atoms with Gasteiger partial charge in [-0.3, -0.25) is 0 Å². The number of nitrogens with one attached hydrogen (secondary N) is 2. The third kappa shape index (κ3) is 3.15. The van der Waals surface area contributed by atoms with Crippen LogP contribution in [0, 0.1) is 0 Å². The highest BCUT2D eigenvalue weighted by Gasteiger charge is 2.19. The van der Waals surface area contributed by atoms with E-state index in [4.69, 9.17) is 10.7 Å². The second-order valence-corrected chi connectivity index (χ2v) is 8.95. The topological polar surface area (TPSA) is 91.5 Å². The Labute approximate surface area is 164 Å². The number of H-pyrrole nitrogens is 2. The Morgan fingerprint density at radius 2 is 1.32 bits per heavy atom. The van der Waals surface area contributed by atoms with Crippen LogP contribution in [0.2, 0.25) is 0 Å². The molecule has 138 valence electrons. The predicted molar refractivity (Wildman–Crippen MR) is 112 cm³/mol. The fraction of sp³-hybridized carbons (Fsp3) is 0. The molecule has 5 rings (SSSR count). The highest BCUT2D eigenvalue weighted by Crippen LogP contribution is 2.27. The first-order chi connectivity index (χ1) is 13.4. The molecular weight excluding hydrogens is 396 g/mol. The lowest BCUT2D eigenvalue weighted by atomic mass is 10.3. The van der Waals surface area contributed by atoms with Gasteiger partial charge in [0.25, 0.3) is 9.05 Å². The third-order valence-electron chi connectivity index (χ3n) is 4.42. The van der Waals surface area contributed by atoms with Crippen LogP contribution in [0.5, 0.6) is 0 Å². The molecular formula is C20H13ClN4O2S. The van der Waals surface area contributed by atoms with E-state index in [-0.39, 0.29) is 10.6 Å². The van der Waals surface area contributed by atoms with Crippen LogP contribution < -0.4 is 0 Å². The van der Waals surface area contributed by atoms with Gasteiger partial charge in [-0.25, -0.2) is 18.4 Å². The summed E-state index contributed by atoms with van der Waals surface area (Å²) >= 11 is 0. The first-order valence-corrected chi connectivity index (χ1v) is 10.8. The molecule has 0 saturated heterocycles. The average molecular weight is 409 g/mol. The summed E-state index contributed by atoms with van der Waals surface area (Å²) in [7, 11) is 1.71. The maximum atomic E-state index is 12.3. The van der Waals surface area contributed by atoms with Crippen LogP contribution in [-0.4, -0.2) is 28.4 Å². The fourth-order valence-electron chi connectivity index (χ4n) is 3.24. The molecule has 0 atom stereocenters. The summed E-state index contributed by atoms with van der Waals surface area (Å²) in [6.45, 7) is 0. The van der Waals surface area contributed by atoms with Gasteiger partial charge in [-0.1, -0.05) is 0 Å². The lowest BCUT2D eigenvalue weighted by Crippen LogP contribution is -1.95. The zero-order valence-corrected chi connectivity index (χ0v) is 15.9. The Kier molecular flexibility index (Phi) is 3.75. The second kappa shape index (κ2) is 6.19. The van der Waals surface area contributed by atoms with Crippen molar-refractivity contribution < 1.29 is 8.42 Å². The summed E-state index contributed by atoms with van der Waals surface area (Å²) in [6, 6.07) is 13.0. The molecule has 8 heteroatoms. The number of aromatic nitrogens is 4. The van der Waals surface area contributed by atoms with Gasteiger partial charge in [0.2, 0.25) is 0 Å². The molecule has 2 N–H and O–H groups in total. The molecule has 2 aliphatic heterocycles. The Morgan fingerprint density at radius 1 is 0.714 bits per heavy atom. The molecule has 0 radical (unpaired) electrons.